The summed E-state index contributed by atoms with van der Waals surface area (Å²) in [5, 5.41) is 10.8. The third-order valence-electron chi connectivity index (χ3n) is 2.20. The Bertz CT molecular complexity index is 448. The molecule has 3 nitrogen and oxygen atoms in total. The van der Waals surface area contributed by atoms with Crippen molar-refractivity contribution >= 4 is 21.8 Å². The highest BCUT2D eigenvalue weighted by molar-refractivity contribution is 9.10. The van der Waals surface area contributed by atoms with Gasteiger partial charge in [0.25, 0.3) is 5.91 Å². The summed E-state index contributed by atoms with van der Waals surface area (Å²) in [6, 6.07) is 4.84. The average Bonchev–Trinajstić information content (AvgIpc) is 2.24. The number of amides is 1. The van der Waals surface area contributed by atoms with Gasteiger partial charge in [-0.25, -0.2) is 0 Å². The molecule has 0 bridgehead atoms. The van der Waals surface area contributed by atoms with Crippen molar-refractivity contribution in [1.29, 1.82) is 0 Å². The van der Waals surface area contributed by atoms with Crippen LogP contribution < -0.4 is 5.32 Å². The summed E-state index contributed by atoms with van der Waals surface area (Å²) in [7, 11) is 0. The van der Waals surface area contributed by atoms with E-state index in [1.54, 1.807) is 12.1 Å². The summed E-state index contributed by atoms with van der Waals surface area (Å²) in [4.78, 5) is 11.6. The molecule has 2 N–H and O–H groups in total. The van der Waals surface area contributed by atoms with E-state index in [2.05, 4.69) is 15.9 Å². The first-order chi connectivity index (χ1) is 8.21. The van der Waals surface area contributed by atoms with Gasteiger partial charge in [-0.05, 0) is 40.5 Å². The van der Waals surface area contributed by atoms with Crippen molar-refractivity contribution in [3.05, 3.63) is 33.8 Å². The Morgan fingerprint density at radius 3 is 2.61 bits per heavy atom. The minimum atomic E-state index is -4.74. The molecule has 1 aromatic carbocycles. The number of alkyl halides is 3. The molecule has 0 aliphatic carbocycles. The van der Waals surface area contributed by atoms with E-state index in [-0.39, 0.29) is 5.56 Å². The number of benzene rings is 1. The zero-order chi connectivity index (χ0) is 13.9. The van der Waals surface area contributed by atoms with E-state index < -0.39 is 24.7 Å². The molecule has 100 valence electrons. The summed E-state index contributed by atoms with van der Waals surface area (Å²) in [5.74, 6) is -0.676. The quantitative estimate of drug-likeness (QED) is 0.896. The predicted molar refractivity (Wildman–Crippen MR) is 63.3 cm³/mol. The fraction of sp³-hybridized carbons (Fsp3) is 0.364. The first-order valence-corrected chi connectivity index (χ1v) is 5.80. The van der Waals surface area contributed by atoms with Crippen LogP contribution in [0.15, 0.2) is 22.7 Å². The zero-order valence-electron chi connectivity index (χ0n) is 9.38. The van der Waals surface area contributed by atoms with Gasteiger partial charge >= 0.3 is 6.18 Å². The Kier molecular flexibility index (Phi) is 4.75. The van der Waals surface area contributed by atoms with Gasteiger partial charge in [-0.1, -0.05) is 6.07 Å². The summed E-state index contributed by atoms with van der Waals surface area (Å²) in [6.45, 7) is 0.947. The second-order valence-electron chi connectivity index (χ2n) is 3.75. The Hall–Kier alpha value is -1.08. The van der Waals surface area contributed by atoms with Crippen LogP contribution in [0, 0.1) is 6.92 Å². The van der Waals surface area contributed by atoms with E-state index in [0.717, 1.165) is 5.56 Å². The van der Waals surface area contributed by atoms with Crippen LogP contribution in [0.3, 0.4) is 0 Å². The minimum absolute atomic E-state index is 0.218. The highest BCUT2D eigenvalue weighted by Gasteiger charge is 2.38. The van der Waals surface area contributed by atoms with Crippen molar-refractivity contribution < 1.29 is 23.1 Å². The van der Waals surface area contributed by atoms with E-state index in [4.69, 9.17) is 5.11 Å². The predicted octanol–water partition coefficient (Wildman–Crippen LogP) is 2.41. The number of hydrogen-bond acceptors (Lipinski definition) is 2. The number of aliphatic hydroxyl groups is 1. The molecule has 0 fully saturated rings. The zero-order valence-corrected chi connectivity index (χ0v) is 11.0. The molecule has 0 heterocycles. The van der Waals surface area contributed by atoms with Gasteiger partial charge in [0.2, 0.25) is 0 Å². The lowest BCUT2D eigenvalue weighted by Crippen LogP contribution is -2.40. The van der Waals surface area contributed by atoms with E-state index >= 15 is 0 Å². The van der Waals surface area contributed by atoms with Gasteiger partial charge in [0, 0.05) is 4.47 Å². The van der Waals surface area contributed by atoms with Crippen molar-refractivity contribution in [2.75, 3.05) is 6.54 Å². The van der Waals surface area contributed by atoms with Crippen LogP contribution in [0.2, 0.25) is 0 Å². The highest BCUT2D eigenvalue weighted by Crippen LogP contribution is 2.20. The number of carbonyl (C=O) groups is 1. The first kappa shape index (κ1) is 15.0. The number of rotatable bonds is 3. The van der Waals surface area contributed by atoms with Crippen molar-refractivity contribution in [3.63, 3.8) is 0 Å². The molecule has 0 aliphatic heterocycles. The van der Waals surface area contributed by atoms with Gasteiger partial charge in [-0.2, -0.15) is 13.2 Å². The van der Waals surface area contributed by atoms with Crippen molar-refractivity contribution in [1.82, 2.24) is 5.32 Å². The topological polar surface area (TPSA) is 49.3 Å². The average molecular weight is 326 g/mol. The highest BCUT2D eigenvalue weighted by atomic mass is 79.9. The molecule has 1 aromatic rings. The molecule has 1 amide bonds. The van der Waals surface area contributed by atoms with Crippen molar-refractivity contribution in [2.24, 2.45) is 0 Å². The maximum Gasteiger partial charge on any atom is 0.416 e. The summed E-state index contributed by atoms with van der Waals surface area (Å²) >= 11 is 3.15. The Morgan fingerprint density at radius 2 is 2.11 bits per heavy atom. The smallest absolute Gasteiger partial charge is 0.382 e. The van der Waals surface area contributed by atoms with Gasteiger partial charge in [0.05, 0.1) is 12.1 Å². The molecule has 7 heteroatoms. The van der Waals surface area contributed by atoms with Crippen LogP contribution in [-0.4, -0.2) is 29.8 Å². The molecule has 1 rings (SSSR count). The molecule has 0 aromatic heterocycles. The van der Waals surface area contributed by atoms with Gasteiger partial charge in [-0.3, -0.25) is 4.79 Å². The fourth-order valence-electron chi connectivity index (χ4n) is 1.20. The number of aliphatic hydroxyl groups excluding tert-OH is 1. The number of aryl methyl sites for hydroxylation is 1. The van der Waals surface area contributed by atoms with E-state index in [1.807, 2.05) is 12.2 Å². The van der Waals surface area contributed by atoms with Crippen LogP contribution in [0.25, 0.3) is 0 Å². The molecule has 18 heavy (non-hydrogen) atoms. The molecular weight excluding hydrogens is 315 g/mol. The van der Waals surface area contributed by atoms with Gasteiger partial charge in [-0.15, -0.1) is 0 Å². The standard InChI is InChI=1S/C11H11BrF3NO2/c1-6-2-3-7(8(12)4-6)10(18)16-5-9(17)11(13,14)15/h2-4,9,17H,5H2,1H3,(H,16,18). The van der Waals surface area contributed by atoms with Crippen molar-refractivity contribution in [3.8, 4) is 0 Å². The van der Waals surface area contributed by atoms with Crippen LogP contribution in [0.5, 0.6) is 0 Å². The molecular formula is C11H11BrF3NO2. The van der Waals surface area contributed by atoms with Crippen LogP contribution in [-0.2, 0) is 0 Å². The second kappa shape index (κ2) is 5.71. The second-order valence-corrected chi connectivity index (χ2v) is 4.61. The molecule has 1 atom stereocenters. The first-order valence-electron chi connectivity index (χ1n) is 5.01. The minimum Gasteiger partial charge on any atom is -0.382 e. The molecule has 1 unspecified atom stereocenters. The number of carbonyl (C=O) groups excluding carboxylic acids is 1. The monoisotopic (exact) mass is 325 g/mol. The van der Waals surface area contributed by atoms with E-state index in [0.29, 0.717) is 4.47 Å². The lowest BCUT2D eigenvalue weighted by molar-refractivity contribution is -0.201. The summed E-state index contributed by atoms with van der Waals surface area (Å²) in [5.41, 5.74) is 1.13. The Balaban J connectivity index is 2.66. The van der Waals surface area contributed by atoms with E-state index in [9.17, 15) is 18.0 Å². The molecule has 0 saturated carbocycles. The fourth-order valence-corrected chi connectivity index (χ4v) is 1.88. The van der Waals surface area contributed by atoms with Gasteiger partial charge in [0.1, 0.15) is 0 Å². The molecule has 0 radical (unpaired) electrons. The Morgan fingerprint density at radius 1 is 1.50 bits per heavy atom. The summed E-state index contributed by atoms with van der Waals surface area (Å²) in [6.07, 6.45) is -7.30. The molecule has 0 aliphatic rings. The van der Waals surface area contributed by atoms with Crippen LogP contribution >= 0.6 is 15.9 Å². The summed E-state index contributed by atoms with van der Waals surface area (Å²) < 4.78 is 36.6. The van der Waals surface area contributed by atoms with Crippen molar-refractivity contribution in [2.45, 2.75) is 19.2 Å². The maximum atomic E-state index is 12.0. The number of nitrogens with one attached hydrogen (secondary N) is 1. The van der Waals surface area contributed by atoms with Crippen LogP contribution in [0.4, 0.5) is 13.2 Å². The lowest BCUT2D eigenvalue weighted by Gasteiger charge is -2.15. The van der Waals surface area contributed by atoms with Gasteiger partial charge in [0.15, 0.2) is 6.10 Å². The third kappa shape index (κ3) is 3.99. The largest absolute Gasteiger partial charge is 0.416 e. The molecule has 0 saturated heterocycles. The number of halogens is 4. The number of hydrogen-bond donors (Lipinski definition) is 2. The lowest BCUT2D eigenvalue weighted by atomic mass is 10.1. The van der Waals surface area contributed by atoms with E-state index in [1.165, 1.54) is 6.07 Å². The maximum absolute atomic E-state index is 12.0. The normalized spacial score (nSPS) is 13.2. The van der Waals surface area contributed by atoms with Crippen LogP contribution in [0.1, 0.15) is 15.9 Å². The van der Waals surface area contributed by atoms with Gasteiger partial charge < -0.3 is 10.4 Å². The Labute approximate surface area is 110 Å². The third-order valence-corrected chi connectivity index (χ3v) is 2.86. The SMILES string of the molecule is Cc1ccc(C(=O)NCC(O)C(F)(F)F)c(Br)c1. The molecule has 0 spiro atoms.